The lowest BCUT2D eigenvalue weighted by Crippen LogP contribution is -2.31. The number of ether oxygens (including phenoxy) is 1. The normalized spacial score (nSPS) is 14.8. The van der Waals surface area contributed by atoms with Gasteiger partial charge in [-0.2, -0.15) is 10.2 Å². The number of para-hydroxylation sites is 1. The average molecular weight is 362 g/mol. The van der Waals surface area contributed by atoms with E-state index in [0.29, 0.717) is 31.4 Å². The number of carbonyl (C=O) groups is 1. The summed E-state index contributed by atoms with van der Waals surface area (Å²) in [7, 11) is 1.61. The number of amides is 1. The highest BCUT2D eigenvalue weighted by molar-refractivity contribution is 5.77. The predicted molar refractivity (Wildman–Crippen MR) is 102 cm³/mol. The number of carbonyl (C=O) groups excluding carboxylic acids is 1. The van der Waals surface area contributed by atoms with Gasteiger partial charge in [0.05, 0.1) is 18.8 Å². The minimum absolute atomic E-state index is 0.0889. The van der Waals surface area contributed by atoms with Gasteiger partial charge in [0.1, 0.15) is 5.75 Å². The molecule has 0 aliphatic carbocycles. The average Bonchev–Trinajstić information content (AvgIpc) is 3.50. The Hall–Kier alpha value is -3.20. The Labute approximate surface area is 159 Å². The molecule has 1 aliphatic rings. The molecule has 1 aliphatic heterocycles. The SMILES string of the molecule is C#CCCC1(CCC(=O)NC(c2ccccn2)c2ccccc2OC)N=N1. The Morgan fingerprint density at radius 3 is 2.67 bits per heavy atom. The maximum Gasteiger partial charge on any atom is 0.220 e. The number of hydrogen-bond acceptors (Lipinski definition) is 5. The highest BCUT2D eigenvalue weighted by Gasteiger charge is 2.39. The van der Waals surface area contributed by atoms with E-state index in [1.165, 1.54) is 0 Å². The van der Waals surface area contributed by atoms with Crippen molar-refractivity contribution in [1.82, 2.24) is 10.3 Å². The molecule has 0 saturated heterocycles. The summed E-state index contributed by atoms with van der Waals surface area (Å²) in [6.45, 7) is 0. The Balaban J connectivity index is 1.72. The molecule has 138 valence electrons. The van der Waals surface area contributed by atoms with Crippen molar-refractivity contribution < 1.29 is 9.53 Å². The van der Waals surface area contributed by atoms with E-state index in [4.69, 9.17) is 11.2 Å². The van der Waals surface area contributed by atoms with Crippen LogP contribution in [0.15, 0.2) is 58.9 Å². The first-order valence-corrected chi connectivity index (χ1v) is 8.88. The molecular weight excluding hydrogens is 340 g/mol. The molecule has 6 heteroatoms. The number of benzene rings is 1. The topological polar surface area (TPSA) is 75.9 Å². The molecule has 0 fully saturated rings. The lowest BCUT2D eigenvalue weighted by atomic mass is 9.99. The minimum atomic E-state index is -0.464. The Morgan fingerprint density at radius 1 is 1.22 bits per heavy atom. The Morgan fingerprint density at radius 2 is 2.00 bits per heavy atom. The summed E-state index contributed by atoms with van der Waals surface area (Å²) in [6.07, 6.45) is 9.18. The van der Waals surface area contributed by atoms with Crippen LogP contribution in [-0.2, 0) is 4.79 Å². The summed E-state index contributed by atoms with van der Waals surface area (Å²) in [5, 5.41) is 11.2. The van der Waals surface area contributed by atoms with Gasteiger partial charge in [-0.1, -0.05) is 24.3 Å². The zero-order valence-corrected chi connectivity index (χ0v) is 15.3. The molecule has 3 rings (SSSR count). The zero-order chi connectivity index (χ0) is 19.1. The van der Waals surface area contributed by atoms with Crippen molar-refractivity contribution >= 4 is 5.91 Å². The molecule has 1 aromatic heterocycles. The third-order valence-electron chi connectivity index (χ3n) is 4.54. The first-order valence-electron chi connectivity index (χ1n) is 8.88. The van der Waals surface area contributed by atoms with Gasteiger partial charge in [0.25, 0.3) is 0 Å². The van der Waals surface area contributed by atoms with Crippen LogP contribution in [0.1, 0.15) is 43.0 Å². The number of pyridine rings is 1. The maximum atomic E-state index is 12.6. The van der Waals surface area contributed by atoms with Crippen LogP contribution in [0.25, 0.3) is 0 Å². The summed E-state index contributed by atoms with van der Waals surface area (Å²) < 4.78 is 5.47. The minimum Gasteiger partial charge on any atom is -0.496 e. The number of methoxy groups -OCH3 is 1. The summed E-state index contributed by atoms with van der Waals surface area (Å²) >= 11 is 0. The molecule has 0 radical (unpaired) electrons. The van der Waals surface area contributed by atoms with Crippen LogP contribution in [0.5, 0.6) is 5.75 Å². The molecule has 0 spiro atoms. The lowest BCUT2D eigenvalue weighted by Gasteiger charge is -2.21. The summed E-state index contributed by atoms with van der Waals surface area (Å²) in [4.78, 5) is 17.1. The number of hydrogen-bond donors (Lipinski definition) is 1. The highest BCUT2D eigenvalue weighted by Crippen LogP contribution is 2.37. The Kier molecular flexibility index (Phi) is 5.82. The van der Waals surface area contributed by atoms with E-state index in [1.807, 2.05) is 42.5 Å². The second kappa shape index (κ2) is 8.45. The van der Waals surface area contributed by atoms with Gasteiger partial charge in [-0.05, 0) is 18.2 Å². The number of terminal acetylenes is 1. The van der Waals surface area contributed by atoms with Crippen molar-refractivity contribution in [3.05, 3.63) is 59.9 Å². The zero-order valence-electron chi connectivity index (χ0n) is 15.3. The van der Waals surface area contributed by atoms with Crippen LogP contribution < -0.4 is 10.1 Å². The highest BCUT2D eigenvalue weighted by atomic mass is 16.5. The van der Waals surface area contributed by atoms with Crippen molar-refractivity contribution in [2.75, 3.05) is 7.11 Å². The van der Waals surface area contributed by atoms with Crippen molar-refractivity contribution in [2.45, 2.75) is 37.4 Å². The van der Waals surface area contributed by atoms with Gasteiger partial charge in [0, 0.05) is 37.4 Å². The van der Waals surface area contributed by atoms with E-state index in [1.54, 1.807) is 13.3 Å². The van der Waals surface area contributed by atoms with Gasteiger partial charge in [0.2, 0.25) is 5.91 Å². The smallest absolute Gasteiger partial charge is 0.220 e. The van der Waals surface area contributed by atoms with Crippen molar-refractivity contribution in [3.8, 4) is 18.1 Å². The van der Waals surface area contributed by atoms with Crippen LogP contribution in [0, 0.1) is 12.3 Å². The fourth-order valence-corrected chi connectivity index (χ4v) is 2.98. The number of aromatic nitrogens is 1. The molecule has 2 aromatic rings. The van der Waals surface area contributed by atoms with Crippen LogP contribution >= 0.6 is 0 Å². The fourth-order valence-electron chi connectivity index (χ4n) is 2.98. The molecule has 1 unspecified atom stereocenters. The number of rotatable bonds is 9. The molecule has 0 saturated carbocycles. The first kappa shape index (κ1) is 18.6. The Bertz CT molecular complexity index is 852. The van der Waals surface area contributed by atoms with E-state index in [0.717, 1.165) is 11.3 Å². The van der Waals surface area contributed by atoms with Crippen molar-refractivity contribution in [1.29, 1.82) is 0 Å². The second-order valence-electron chi connectivity index (χ2n) is 6.38. The molecule has 1 amide bonds. The van der Waals surface area contributed by atoms with Crippen LogP contribution in [-0.4, -0.2) is 23.7 Å². The second-order valence-corrected chi connectivity index (χ2v) is 6.38. The number of nitrogens with one attached hydrogen (secondary N) is 1. The summed E-state index contributed by atoms with van der Waals surface area (Å²) in [5.41, 5.74) is 1.14. The monoisotopic (exact) mass is 362 g/mol. The van der Waals surface area contributed by atoms with Crippen LogP contribution in [0.4, 0.5) is 0 Å². The maximum absolute atomic E-state index is 12.6. The van der Waals surface area contributed by atoms with Gasteiger partial charge >= 0.3 is 0 Å². The van der Waals surface area contributed by atoms with E-state index < -0.39 is 11.7 Å². The summed E-state index contributed by atoms with van der Waals surface area (Å²) in [6, 6.07) is 12.8. The van der Waals surface area contributed by atoms with Gasteiger partial charge in [-0.25, -0.2) is 0 Å². The molecule has 2 heterocycles. The van der Waals surface area contributed by atoms with E-state index in [9.17, 15) is 4.79 Å². The predicted octanol–water partition coefficient (Wildman–Crippen LogP) is 3.65. The van der Waals surface area contributed by atoms with Gasteiger partial charge in [-0.3, -0.25) is 9.78 Å². The van der Waals surface area contributed by atoms with Gasteiger partial charge in [0.15, 0.2) is 5.66 Å². The molecule has 1 aromatic carbocycles. The summed E-state index contributed by atoms with van der Waals surface area (Å²) in [5.74, 6) is 3.21. The van der Waals surface area contributed by atoms with Crippen LogP contribution in [0.2, 0.25) is 0 Å². The standard InChI is InChI=1S/C21H22N4O2/c1-3-4-13-21(24-25-21)14-12-19(26)23-20(17-10-7-8-15-22-17)16-9-5-6-11-18(16)27-2/h1,5-11,15,20H,4,12-14H2,2H3,(H,23,26). The van der Waals surface area contributed by atoms with E-state index >= 15 is 0 Å². The third-order valence-corrected chi connectivity index (χ3v) is 4.54. The van der Waals surface area contributed by atoms with Crippen molar-refractivity contribution in [3.63, 3.8) is 0 Å². The largest absolute Gasteiger partial charge is 0.496 e. The molecule has 1 atom stereocenters. The molecule has 1 N–H and O–H groups in total. The van der Waals surface area contributed by atoms with Gasteiger partial charge < -0.3 is 10.1 Å². The quantitative estimate of drug-likeness (QED) is 0.692. The lowest BCUT2D eigenvalue weighted by molar-refractivity contribution is -0.121. The molecule has 6 nitrogen and oxygen atoms in total. The number of nitrogens with zero attached hydrogens (tertiary/aromatic N) is 3. The molecular formula is C21H22N4O2. The van der Waals surface area contributed by atoms with Crippen molar-refractivity contribution in [2.24, 2.45) is 10.2 Å². The van der Waals surface area contributed by atoms with E-state index in [-0.39, 0.29) is 5.91 Å². The van der Waals surface area contributed by atoms with E-state index in [2.05, 4.69) is 26.4 Å². The fraction of sp³-hybridized carbons (Fsp3) is 0.333. The van der Waals surface area contributed by atoms with Gasteiger partial charge in [-0.15, -0.1) is 12.3 Å². The molecule has 27 heavy (non-hydrogen) atoms. The third kappa shape index (κ3) is 4.70. The van der Waals surface area contributed by atoms with Crippen LogP contribution in [0.3, 0.4) is 0 Å². The molecule has 0 bridgehead atoms. The first-order chi connectivity index (χ1) is 13.2.